The molecule has 0 saturated carbocycles. The zero-order chi connectivity index (χ0) is 12.4. The molecule has 17 heavy (non-hydrogen) atoms. The smallest absolute Gasteiger partial charge is 0.169 e. The van der Waals surface area contributed by atoms with Gasteiger partial charge in [0.25, 0.3) is 0 Å². The fraction of sp³-hybridized carbons (Fsp3) is 0.231. The van der Waals surface area contributed by atoms with Crippen molar-refractivity contribution in [3.05, 3.63) is 51.3 Å². The summed E-state index contributed by atoms with van der Waals surface area (Å²) in [5, 5.41) is 4.11. The van der Waals surface area contributed by atoms with E-state index in [0.717, 1.165) is 26.7 Å². The van der Waals surface area contributed by atoms with Crippen LogP contribution < -0.4 is 5.32 Å². The summed E-state index contributed by atoms with van der Waals surface area (Å²) in [6, 6.07) is 9.85. The zero-order valence-corrected chi connectivity index (χ0v) is 12.0. The number of nitrogens with one attached hydrogen (secondary N) is 1. The number of benzene rings is 1. The maximum Gasteiger partial charge on any atom is 0.169 e. The molecule has 0 saturated heterocycles. The van der Waals surface area contributed by atoms with Crippen LogP contribution in [-0.2, 0) is 0 Å². The Kier molecular flexibility index (Phi) is 3.79. The number of anilines is 1. The van der Waals surface area contributed by atoms with Crippen molar-refractivity contribution < 1.29 is 4.42 Å². The highest BCUT2D eigenvalue weighted by molar-refractivity contribution is 9.10. The molecule has 0 amide bonds. The maximum absolute atomic E-state index is 6.08. The van der Waals surface area contributed by atoms with Gasteiger partial charge in [-0.25, -0.2) is 0 Å². The van der Waals surface area contributed by atoms with Gasteiger partial charge < -0.3 is 9.73 Å². The molecule has 1 heterocycles. The Bertz CT molecular complexity index is 524. The molecule has 4 heteroatoms. The van der Waals surface area contributed by atoms with E-state index >= 15 is 0 Å². The highest BCUT2D eigenvalue weighted by Gasteiger charge is 2.10. The minimum atomic E-state index is 0.0973. The molecule has 1 aromatic heterocycles. The summed E-state index contributed by atoms with van der Waals surface area (Å²) in [5.74, 6) is 0.883. The summed E-state index contributed by atoms with van der Waals surface area (Å²) < 4.78 is 6.23. The Morgan fingerprint density at radius 3 is 2.65 bits per heavy atom. The molecule has 0 radical (unpaired) electrons. The molecular formula is C13H13BrClNO. The van der Waals surface area contributed by atoms with E-state index in [2.05, 4.69) is 21.2 Å². The van der Waals surface area contributed by atoms with Gasteiger partial charge >= 0.3 is 0 Å². The Hall–Kier alpha value is -0.930. The van der Waals surface area contributed by atoms with E-state index in [1.54, 1.807) is 0 Å². The molecule has 2 aromatic rings. The third-order valence-electron chi connectivity index (χ3n) is 2.58. The SMILES string of the molecule is Cc1ccc(NC(C)c2ccc(Br)o2)cc1Cl. The molecule has 1 atom stereocenters. The number of halogens is 2. The predicted molar refractivity (Wildman–Crippen MR) is 74.6 cm³/mol. The van der Waals surface area contributed by atoms with E-state index in [1.165, 1.54) is 0 Å². The van der Waals surface area contributed by atoms with Crippen LogP contribution in [0.4, 0.5) is 5.69 Å². The van der Waals surface area contributed by atoms with Gasteiger partial charge in [0, 0.05) is 10.7 Å². The first-order valence-corrected chi connectivity index (χ1v) is 6.51. The van der Waals surface area contributed by atoms with Crippen LogP contribution in [0.1, 0.15) is 24.3 Å². The fourth-order valence-corrected chi connectivity index (χ4v) is 2.06. The molecule has 2 nitrogen and oxygen atoms in total. The second-order valence-electron chi connectivity index (χ2n) is 3.97. The monoisotopic (exact) mass is 313 g/mol. The maximum atomic E-state index is 6.08. The molecule has 0 fully saturated rings. The van der Waals surface area contributed by atoms with Crippen molar-refractivity contribution in [1.82, 2.24) is 0 Å². The molecule has 0 aliphatic carbocycles. The van der Waals surface area contributed by atoms with Crippen molar-refractivity contribution in [1.29, 1.82) is 0 Å². The highest BCUT2D eigenvalue weighted by atomic mass is 79.9. The van der Waals surface area contributed by atoms with Crippen molar-refractivity contribution in [3.63, 3.8) is 0 Å². The Morgan fingerprint density at radius 1 is 1.29 bits per heavy atom. The number of hydrogen-bond donors (Lipinski definition) is 1. The molecule has 1 N–H and O–H groups in total. The van der Waals surface area contributed by atoms with Gasteiger partial charge in [0.1, 0.15) is 5.76 Å². The lowest BCUT2D eigenvalue weighted by Gasteiger charge is -2.13. The number of rotatable bonds is 3. The van der Waals surface area contributed by atoms with E-state index < -0.39 is 0 Å². The molecule has 0 bridgehead atoms. The average molecular weight is 315 g/mol. The first-order valence-electron chi connectivity index (χ1n) is 5.34. The summed E-state index contributed by atoms with van der Waals surface area (Å²) in [5.41, 5.74) is 2.06. The topological polar surface area (TPSA) is 25.2 Å². The van der Waals surface area contributed by atoms with Crippen LogP contribution in [-0.4, -0.2) is 0 Å². The number of aryl methyl sites for hydroxylation is 1. The molecule has 0 aliphatic rings. The van der Waals surface area contributed by atoms with E-state index in [-0.39, 0.29) is 6.04 Å². The molecule has 90 valence electrons. The van der Waals surface area contributed by atoms with Gasteiger partial charge in [0.2, 0.25) is 0 Å². The molecule has 1 aromatic carbocycles. The van der Waals surface area contributed by atoms with Crippen LogP contribution in [0.2, 0.25) is 5.02 Å². The second-order valence-corrected chi connectivity index (χ2v) is 5.16. The molecule has 0 spiro atoms. The Balaban J connectivity index is 2.12. The van der Waals surface area contributed by atoms with Crippen molar-refractivity contribution in [2.24, 2.45) is 0 Å². The summed E-state index contributed by atoms with van der Waals surface area (Å²) in [4.78, 5) is 0. The highest BCUT2D eigenvalue weighted by Crippen LogP contribution is 2.26. The van der Waals surface area contributed by atoms with Crippen LogP contribution in [0.25, 0.3) is 0 Å². The van der Waals surface area contributed by atoms with Crippen molar-refractivity contribution in [2.45, 2.75) is 19.9 Å². The van der Waals surface area contributed by atoms with Crippen LogP contribution in [0, 0.1) is 6.92 Å². The van der Waals surface area contributed by atoms with Gasteiger partial charge in [0.15, 0.2) is 4.67 Å². The molecule has 2 rings (SSSR count). The lowest BCUT2D eigenvalue weighted by Crippen LogP contribution is -2.05. The fourth-order valence-electron chi connectivity index (χ4n) is 1.56. The Labute approximate surface area is 114 Å². The van der Waals surface area contributed by atoms with E-state index in [4.69, 9.17) is 16.0 Å². The van der Waals surface area contributed by atoms with Gasteiger partial charge in [-0.3, -0.25) is 0 Å². The number of hydrogen-bond acceptors (Lipinski definition) is 2. The minimum Gasteiger partial charge on any atom is -0.452 e. The second kappa shape index (κ2) is 5.15. The lowest BCUT2D eigenvalue weighted by atomic mass is 10.2. The van der Waals surface area contributed by atoms with Crippen LogP contribution in [0.15, 0.2) is 39.4 Å². The van der Waals surface area contributed by atoms with Gasteiger partial charge in [-0.2, -0.15) is 0 Å². The quantitative estimate of drug-likeness (QED) is 0.844. The first kappa shape index (κ1) is 12.5. The normalized spacial score (nSPS) is 12.5. The summed E-state index contributed by atoms with van der Waals surface area (Å²) in [7, 11) is 0. The van der Waals surface area contributed by atoms with Gasteiger partial charge in [-0.05, 0) is 59.6 Å². The molecule has 1 unspecified atom stereocenters. The van der Waals surface area contributed by atoms with E-state index in [1.807, 2.05) is 44.2 Å². The van der Waals surface area contributed by atoms with Crippen molar-refractivity contribution in [2.75, 3.05) is 5.32 Å². The predicted octanol–water partition coefficient (Wildman–Crippen LogP) is 5.18. The standard InChI is InChI=1S/C13H13BrClNO/c1-8-3-4-10(7-11(8)15)16-9(2)12-5-6-13(14)17-12/h3-7,9,16H,1-2H3. The van der Waals surface area contributed by atoms with E-state index in [9.17, 15) is 0 Å². The van der Waals surface area contributed by atoms with Crippen molar-refractivity contribution >= 4 is 33.2 Å². The third-order valence-corrected chi connectivity index (χ3v) is 3.41. The van der Waals surface area contributed by atoms with Crippen LogP contribution in [0.3, 0.4) is 0 Å². The average Bonchev–Trinajstić information content (AvgIpc) is 2.70. The molecule has 0 aliphatic heterocycles. The summed E-state index contributed by atoms with van der Waals surface area (Å²) >= 11 is 9.37. The summed E-state index contributed by atoms with van der Waals surface area (Å²) in [6.07, 6.45) is 0. The summed E-state index contributed by atoms with van der Waals surface area (Å²) in [6.45, 7) is 4.03. The Morgan fingerprint density at radius 2 is 2.06 bits per heavy atom. The third kappa shape index (κ3) is 3.05. The van der Waals surface area contributed by atoms with Gasteiger partial charge in [-0.1, -0.05) is 17.7 Å². The minimum absolute atomic E-state index is 0.0973. The lowest BCUT2D eigenvalue weighted by molar-refractivity contribution is 0.471. The number of furan rings is 1. The van der Waals surface area contributed by atoms with Crippen LogP contribution >= 0.6 is 27.5 Å². The van der Waals surface area contributed by atoms with Gasteiger partial charge in [-0.15, -0.1) is 0 Å². The van der Waals surface area contributed by atoms with Gasteiger partial charge in [0.05, 0.1) is 6.04 Å². The van der Waals surface area contributed by atoms with E-state index in [0.29, 0.717) is 0 Å². The largest absolute Gasteiger partial charge is 0.452 e. The van der Waals surface area contributed by atoms with Crippen molar-refractivity contribution in [3.8, 4) is 0 Å². The first-order chi connectivity index (χ1) is 8.06. The molecular weight excluding hydrogens is 302 g/mol. The zero-order valence-electron chi connectivity index (χ0n) is 9.63. The van der Waals surface area contributed by atoms with Crippen LogP contribution in [0.5, 0.6) is 0 Å².